The van der Waals surface area contributed by atoms with Crippen molar-refractivity contribution in [2.75, 3.05) is 6.54 Å². The van der Waals surface area contributed by atoms with Crippen molar-refractivity contribution in [3.63, 3.8) is 0 Å². The zero-order valence-corrected chi connectivity index (χ0v) is 11.2. The minimum absolute atomic E-state index is 0.133. The quantitative estimate of drug-likeness (QED) is 0.899. The number of nitrogens with one attached hydrogen (secondary N) is 1. The van der Waals surface area contributed by atoms with E-state index in [0.717, 1.165) is 18.8 Å². The van der Waals surface area contributed by atoms with Crippen molar-refractivity contribution >= 4 is 11.6 Å². The second kappa shape index (κ2) is 5.93. The van der Waals surface area contributed by atoms with Crippen LogP contribution in [0, 0.1) is 0 Å². The van der Waals surface area contributed by atoms with Gasteiger partial charge in [-0.1, -0.05) is 18.5 Å². The van der Waals surface area contributed by atoms with Gasteiger partial charge in [-0.15, -0.1) is 0 Å². The Bertz CT molecular complexity index is 496. The van der Waals surface area contributed by atoms with Crippen molar-refractivity contribution < 1.29 is 0 Å². The number of halogens is 1. The maximum Gasteiger partial charge on any atom is 0.151 e. The Balaban J connectivity index is 2.44. The van der Waals surface area contributed by atoms with Gasteiger partial charge < -0.3 is 5.32 Å². The zero-order valence-electron chi connectivity index (χ0n) is 10.5. The van der Waals surface area contributed by atoms with Gasteiger partial charge in [0.25, 0.3) is 0 Å². The molecule has 0 aliphatic rings. The highest BCUT2D eigenvalue weighted by atomic mass is 35.5. The lowest BCUT2D eigenvalue weighted by atomic mass is 10.2. The third kappa shape index (κ3) is 2.52. The summed E-state index contributed by atoms with van der Waals surface area (Å²) in [7, 11) is 0. The van der Waals surface area contributed by atoms with E-state index in [1.807, 2.05) is 18.5 Å². The molecule has 5 nitrogen and oxygen atoms in total. The normalized spacial score (nSPS) is 12.6. The van der Waals surface area contributed by atoms with Crippen molar-refractivity contribution in [2.24, 2.45) is 0 Å². The Hall–Kier alpha value is -1.46. The van der Waals surface area contributed by atoms with Crippen molar-refractivity contribution in [2.45, 2.75) is 26.4 Å². The maximum absolute atomic E-state index is 6.23. The van der Waals surface area contributed by atoms with E-state index >= 15 is 0 Å². The van der Waals surface area contributed by atoms with Gasteiger partial charge in [0.15, 0.2) is 5.82 Å². The second-order valence-corrected chi connectivity index (χ2v) is 4.20. The Kier molecular flexibility index (Phi) is 4.28. The molecule has 0 fully saturated rings. The third-order valence-corrected chi connectivity index (χ3v) is 2.95. The van der Waals surface area contributed by atoms with E-state index < -0.39 is 0 Å². The van der Waals surface area contributed by atoms with Gasteiger partial charge in [-0.3, -0.25) is 4.68 Å². The van der Waals surface area contributed by atoms with Crippen LogP contribution in [0.3, 0.4) is 0 Å². The summed E-state index contributed by atoms with van der Waals surface area (Å²) in [6, 6.07) is 1.66. The predicted octanol–water partition coefficient (Wildman–Crippen LogP) is 2.05. The monoisotopic (exact) mass is 265 g/mol. The Morgan fingerprint density at radius 1 is 1.33 bits per heavy atom. The summed E-state index contributed by atoms with van der Waals surface area (Å²) in [4.78, 5) is 8.59. The lowest BCUT2D eigenvalue weighted by Crippen LogP contribution is -2.26. The number of nitrogens with zero attached hydrogens (tertiary/aromatic N) is 4. The SMILES string of the molecule is CCNC(c1ncccn1)c1c(Cl)cnn1CC. The van der Waals surface area contributed by atoms with E-state index in [1.54, 1.807) is 24.7 Å². The van der Waals surface area contributed by atoms with Crippen LogP contribution in [0.15, 0.2) is 24.7 Å². The molecule has 0 aromatic carbocycles. The van der Waals surface area contributed by atoms with Crippen LogP contribution in [-0.2, 0) is 6.54 Å². The molecule has 2 aromatic rings. The first kappa shape index (κ1) is 13.0. The fourth-order valence-electron chi connectivity index (χ4n) is 1.88. The van der Waals surface area contributed by atoms with Crippen LogP contribution >= 0.6 is 11.6 Å². The van der Waals surface area contributed by atoms with Gasteiger partial charge in [0.1, 0.15) is 6.04 Å². The van der Waals surface area contributed by atoms with Crippen LogP contribution in [0.4, 0.5) is 0 Å². The highest BCUT2D eigenvalue weighted by Crippen LogP contribution is 2.26. The van der Waals surface area contributed by atoms with Crippen molar-refractivity contribution in [3.8, 4) is 0 Å². The number of hydrogen-bond acceptors (Lipinski definition) is 4. The van der Waals surface area contributed by atoms with E-state index in [2.05, 4.69) is 20.4 Å². The fraction of sp³-hybridized carbons (Fsp3) is 0.417. The molecule has 0 aliphatic carbocycles. The highest BCUT2D eigenvalue weighted by molar-refractivity contribution is 6.31. The summed E-state index contributed by atoms with van der Waals surface area (Å²) in [6.07, 6.45) is 5.12. The summed E-state index contributed by atoms with van der Waals surface area (Å²) in [5.41, 5.74) is 0.909. The molecule has 2 rings (SSSR count). The first-order valence-corrected chi connectivity index (χ1v) is 6.37. The summed E-state index contributed by atoms with van der Waals surface area (Å²) < 4.78 is 1.87. The smallest absolute Gasteiger partial charge is 0.151 e. The molecule has 0 saturated carbocycles. The van der Waals surface area contributed by atoms with Crippen LogP contribution in [-0.4, -0.2) is 26.3 Å². The first-order valence-electron chi connectivity index (χ1n) is 5.99. The molecule has 0 saturated heterocycles. The average Bonchev–Trinajstić information content (AvgIpc) is 2.78. The van der Waals surface area contributed by atoms with Crippen LogP contribution in [0.1, 0.15) is 31.4 Å². The molecule has 18 heavy (non-hydrogen) atoms. The molecule has 1 N–H and O–H groups in total. The van der Waals surface area contributed by atoms with Crippen molar-refractivity contribution in [1.82, 2.24) is 25.1 Å². The summed E-state index contributed by atoms with van der Waals surface area (Å²) in [5, 5.41) is 8.23. The molecule has 1 unspecified atom stereocenters. The molecule has 0 amide bonds. The Morgan fingerprint density at radius 3 is 2.67 bits per heavy atom. The van der Waals surface area contributed by atoms with Gasteiger partial charge in [-0.25, -0.2) is 9.97 Å². The van der Waals surface area contributed by atoms with E-state index in [-0.39, 0.29) is 6.04 Å². The van der Waals surface area contributed by atoms with E-state index in [1.165, 1.54) is 0 Å². The predicted molar refractivity (Wildman–Crippen MR) is 70.5 cm³/mol. The van der Waals surface area contributed by atoms with E-state index in [9.17, 15) is 0 Å². The molecule has 0 radical (unpaired) electrons. The fourth-order valence-corrected chi connectivity index (χ4v) is 2.14. The summed E-state index contributed by atoms with van der Waals surface area (Å²) >= 11 is 6.23. The molecular weight excluding hydrogens is 250 g/mol. The minimum Gasteiger partial charge on any atom is -0.303 e. The standard InChI is InChI=1S/C12H16ClN5/c1-3-14-10(12-15-6-5-7-16-12)11-9(13)8-17-18(11)4-2/h5-8,10,14H,3-4H2,1-2H3. The number of aromatic nitrogens is 4. The van der Waals surface area contributed by atoms with Crippen molar-refractivity contribution in [3.05, 3.63) is 41.2 Å². The van der Waals surface area contributed by atoms with Gasteiger partial charge in [0, 0.05) is 18.9 Å². The molecule has 2 heterocycles. The van der Waals surface area contributed by atoms with Crippen LogP contribution in [0.25, 0.3) is 0 Å². The Labute approximate surface area is 111 Å². The maximum atomic E-state index is 6.23. The molecule has 1 atom stereocenters. The molecule has 0 aliphatic heterocycles. The second-order valence-electron chi connectivity index (χ2n) is 3.79. The highest BCUT2D eigenvalue weighted by Gasteiger charge is 2.22. The molecule has 2 aromatic heterocycles. The minimum atomic E-state index is -0.133. The number of aryl methyl sites for hydroxylation is 1. The van der Waals surface area contributed by atoms with Gasteiger partial charge >= 0.3 is 0 Å². The van der Waals surface area contributed by atoms with Crippen molar-refractivity contribution in [1.29, 1.82) is 0 Å². The number of rotatable bonds is 5. The lowest BCUT2D eigenvalue weighted by Gasteiger charge is -2.18. The molecule has 96 valence electrons. The van der Waals surface area contributed by atoms with Crippen LogP contribution < -0.4 is 5.32 Å². The van der Waals surface area contributed by atoms with Gasteiger partial charge in [0.2, 0.25) is 0 Å². The van der Waals surface area contributed by atoms with Crippen LogP contribution in [0.2, 0.25) is 5.02 Å². The molecular formula is C12H16ClN5. The lowest BCUT2D eigenvalue weighted by molar-refractivity contribution is 0.525. The topological polar surface area (TPSA) is 55.6 Å². The van der Waals surface area contributed by atoms with Gasteiger partial charge in [-0.2, -0.15) is 5.10 Å². The summed E-state index contributed by atoms with van der Waals surface area (Å²) in [6.45, 7) is 5.63. The van der Waals surface area contributed by atoms with E-state index in [0.29, 0.717) is 10.8 Å². The Morgan fingerprint density at radius 2 is 2.06 bits per heavy atom. The van der Waals surface area contributed by atoms with Crippen LogP contribution in [0.5, 0.6) is 0 Å². The van der Waals surface area contributed by atoms with E-state index in [4.69, 9.17) is 11.6 Å². The first-order chi connectivity index (χ1) is 8.77. The third-order valence-electron chi connectivity index (χ3n) is 2.66. The largest absolute Gasteiger partial charge is 0.303 e. The number of hydrogen-bond donors (Lipinski definition) is 1. The van der Waals surface area contributed by atoms with Gasteiger partial charge in [-0.05, 0) is 19.5 Å². The summed E-state index contributed by atoms with van der Waals surface area (Å²) in [5.74, 6) is 0.705. The molecule has 0 bridgehead atoms. The van der Waals surface area contributed by atoms with Gasteiger partial charge in [0.05, 0.1) is 16.9 Å². The molecule has 6 heteroatoms. The zero-order chi connectivity index (χ0) is 13.0. The average molecular weight is 266 g/mol. The molecule has 0 spiro atoms.